The SMILES string of the molecule is COCC(CNCc1ccccc1C)OC. The minimum absolute atomic E-state index is 0.119. The van der Waals surface area contributed by atoms with Gasteiger partial charge in [0, 0.05) is 27.3 Å². The van der Waals surface area contributed by atoms with Gasteiger partial charge in [-0.05, 0) is 18.1 Å². The van der Waals surface area contributed by atoms with Gasteiger partial charge in [-0.15, -0.1) is 0 Å². The van der Waals surface area contributed by atoms with Gasteiger partial charge in [-0.1, -0.05) is 24.3 Å². The summed E-state index contributed by atoms with van der Waals surface area (Å²) in [5.41, 5.74) is 2.64. The van der Waals surface area contributed by atoms with E-state index in [0.29, 0.717) is 6.61 Å². The van der Waals surface area contributed by atoms with Crippen molar-refractivity contribution in [1.29, 1.82) is 0 Å². The second-order valence-corrected chi connectivity index (χ2v) is 3.87. The van der Waals surface area contributed by atoms with Crippen molar-refractivity contribution in [1.82, 2.24) is 5.32 Å². The fourth-order valence-electron chi connectivity index (χ4n) is 1.57. The van der Waals surface area contributed by atoms with Crippen molar-refractivity contribution in [3.8, 4) is 0 Å². The Morgan fingerprint density at radius 1 is 1.25 bits per heavy atom. The molecular weight excluding hydrogens is 202 g/mol. The van der Waals surface area contributed by atoms with Crippen molar-refractivity contribution in [2.45, 2.75) is 19.6 Å². The van der Waals surface area contributed by atoms with Crippen LogP contribution < -0.4 is 5.32 Å². The molecule has 16 heavy (non-hydrogen) atoms. The molecule has 0 radical (unpaired) electrons. The third-order valence-corrected chi connectivity index (χ3v) is 2.63. The lowest BCUT2D eigenvalue weighted by atomic mass is 10.1. The molecule has 1 unspecified atom stereocenters. The second-order valence-electron chi connectivity index (χ2n) is 3.87. The lowest BCUT2D eigenvalue weighted by Crippen LogP contribution is -2.31. The molecule has 0 aliphatic carbocycles. The first kappa shape index (κ1) is 13.2. The Hall–Kier alpha value is -0.900. The van der Waals surface area contributed by atoms with Crippen LogP contribution in [-0.4, -0.2) is 33.5 Å². The maximum Gasteiger partial charge on any atom is 0.0928 e. The van der Waals surface area contributed by atoms with E-state index in [9.17, 15) is 0 Å². The van der Waals surface area contributed by atoms with Crippen LogP contribution in [0.25, 0.3) is 0 Å². The highest BCUT2D eigenvalue weighted by Gasteiger charge is 2.05. The largest absolute Gasteiger partial charge is 0.382 e. The third-order valence-electron chi connectivity index (χ3n) is 2.63. The fourth-order valence-corrected chi connectivity index (χ4v) is 1.57. The van der Waals surface area contributed by atoms with E-state index in [1.807, 2.05) is 0 Å². The Kier molecular flexibility index (Phi) is 6.08. The van der Waals surface area contributed by atoms with Crippen molar-refractivity contribution in [3.05, 3.63) is 35.4 Å². The van der Waals surface area contributed by atoms with E-state index in [1.165, 1.54) is 11.1 Å². The summed E-state index contributed by atoms with van der Waals surface area (Å²) in [7, 11) is 3.40. The van der Waals surface area contributed by atoms with Crippen LogP contribution in [0.3, 0.4) is 0 Å². The van der Waals surface area contributed by atoms with Gasteiger partial charge in [-0.2, -0.15) is 0 Å². The van der Waals surface area contributed by atoms with Gasteiger partial charge >= 0.3 is 0 Å². The molecule has 1 aromatic carbocycles. The van der Waals surface area contributed by atoms with Crippen LogP contribution in [-0.2, 0) is 16.0 Å². The number of hydrogen-bond donors (Lipinski definition) is 1. The second kappa shape index (κ2) is 7.39. The highest BCUT2D eigenvalue weighted by molar-refractivity contribution is 5.25. The van der Waals surface area contributed by atoms with E-state index in [-0.39, 0.29) is 6.10 Å². The van der Waals surface area contributed by atoms with Crippen LogP contribution in [0.2, 0.25) is 0 Å². The third kappa shape index (κ3) is 4.31. The molecule has 0 aliphatic rings. The van der Waals surface area contributed by atoms with Gasteiger partial charge in [0.15, 0.2) is 0 Å². The van der Waals surface area contributed by atoms with Crippen molar-refractivity contribution in [2.24, 2.45) is 0 Å². The molecule has 1 aromatic rings. The predicted octanol–water partition coefficient (Wildman–Crippen LogP) is 1.75. The first-order valence-corrected chi connectivity index (χ1v) is 5.55. The molecule has 0 fully saturated rings. The quantitative estimate of drug-likeness (QED) is 0.764. The summed E-state index contributed by atoms with van der Waals surface area (Å²) < 4.78 is 10.3. The summed E-state index contributed by atoms with van der Waals surface area (Å²) in [6, 6.07) is 8.38. The average Bonchev–Trinajstić information content (AvgIpc) is 2.30. The summed E-state index contributed by atoms with van der Waals surface area (Å²) in [4.78, 5) is 0. The first-order valence-electron chi connectivity index (χ1n) is 5.55. The van der Waals surface area contributed by atoms with E-state index in [4.69, 9.17) is 9.47 Å². The van der Waals surface area contributed by atoms with Crippen LogP contribution in [0.1, 0.15) is 11.1 Å². The molecule has 0 bridgehead atoms. The Morgan fingerprint density at radius 2 is 2.00 bits per heavy atom. The molecule has 0 aromatic heterocycles. The molecule has 0 aliphatic heterocycles. The number of benzene rings is 1. The standard InChI is InChI=1S/C13H21NO2/c1-11-6-4-5-7-12(11)8-14-9-13(16-3)10-15-2/h4-7,13-14H,8-10H2,1-3H3. The van der Waals surface area contributed by atoms with Crippen LogP contribution in [0.4, 0.5) is 0 Å². The number of aryl methyl sites for hydroxylation is 1. The van der Waals surface area contributed by atoms with E-state index in [2.05, 4.69) is 36.5 Å². The zero-order valence-electron chi connectivity index (χ0n) is 10.3. The minimum atomic E-state index is 0.119. The summed E-state index contributed by atoms with van der Waals surface area (Å²) in [6.07, 6.45) is 0.119. The minimum Gasteiger partial charge on any atom is -0.382 e. The molecule has 1 atom stereocenters. The monoisotopic (exact) mass is 223 g/mol. The smallest absolute Gasteiger partial charge is 0.0928 e. The highest BCUT2D eigenvalue weighted by Crippen LogP contribution is 2.06. The summed E-state index contributed by atoms with van der Waals surface area (Å²) in [6.45, 7) is 4.42. The molecule has 0 saturated heterocycles. The number of nitrogens with one attached hydrogen (secondary N) is 1. The van der Waals surface area contributed by atoms with Gasteiger partial charge in [0.1, 0.15) is 0 Å². The van der Waals surface area contributed by atoms with Gasteiger partial charge in [0.25, 0.3) is 0 Å². The molecule has 0 saturated carbocycles. The molecule has 1 N–H and O–H groups in total. The highest BCUT2D eigenvalue weighted by atomic mass is 16.5. The Labute approximate surface area is 97.8 Å². The zero-order chi connectivity index (χ0) is 11.8. The number of rotatable bonds is 7. The Balaban J connectivity index is 2.32. The number of ether oxygens (including phenoxy) is 2. The normalized spacial score (nSPS) is 12.7. The van der Waals surface area contributed by atoms with Crippen LogP contribution in [0, 0.1) is 6.92 Å². The summed E-state index contributed by atoms with van der Waals surface area (Å²) in [5, 5.41) is 3.37. The lowest BCUT2D eigenvalue weighted by Gasteiger charge is -2.15. The fraction of sp³-hybridized carbons (Fsp3) is 0.538. The number of methoxy groups -OCH3 is 2. The van der Waals surface area contributed by atoms with Crippen LogP contribution in [0.15, 0.2) is 24.3 Å². The molecule has 0 heterocycles. The topological polar surface area (TPSA) is 30.5 Å². The zero-order valence-corrected chi connectivity index (χ0v) is 10.3. The maximum absolute atomic E-state index is 5.27. The molecule has 3 nitrogen and oxygen atoms in total. The Morgan fingerprint density at radius 3 is 2.62 bits per heavy atom. The Bertz CT molecular complexity index is 302. The summed E-state index contributed by atoms with van der Waals surface area (Å²) in [5.74, 6) is 0. The predicted molar refractivity (Wildman–Crippen MR) is 65.6 cm³/mol. The first-order chi connectivity index (χ1) is 7.77. The van der Waals surface area contributed by atoms with E-state index >= 15 is 0 Å². The molecule has 1 rings (SSSR count). The van der Waals surface area contributed by atoms with E-state index in [1.54, 1.807) is 14.2 Å². The summed E-state index contributed by atoms with van der Waals surface area (Å²) >= 11 is 0. The van der Waals surface area contributed by atoms with Gasteiger partial charge in [-0.3, -0.25) is 0 Å². The van der Waals surface area contributed by atoms with Gasteiger partial charge < -0.3 is 14.8 Å². The average molecular weight is 223 g/mol. The van der Waals surface area contributed by atoms with Crippen molar-refractivity contribution in [3.63, 3.8) is 0 Å². The van der Waals surface area contributed by atoms with Crippen molar-refractivity contribution in [2.75, 3.05) is 27.4 Å². The van der Waals surface area contributed by atoms with Crippen molar-refractivity contribution >= 4 is 0 Å². The lowest BCUT2D eigenvalue weighted by molar-refractivity contribution is 0.0288. The van der Waals surface area contributed by atoms with Gasteiger partial charge in [-0.25, -0.2) is 0 Å². The van der Waals surface area contributed by atoms with E-state index < -0.39 is 0 Å². The number of hydrogen-bond acceptors (Lipinski definition) is 3. The van der Waals surface area contributed by atoms with Crippen LogP contribution >= 0.6 is 0 Å². The van der Waals surface area contributed by atoms with Crippen LogP contribution in [0.5, 0.6) is 0 Å². The van der Waals surface area contributed by atoms with Gasteiger partial charge in [0.05, 0.1) is 12.7 Å². The molecular formula is C13H21NO2. The van der Waals surface area contributed by atoms with Gasteiger partial charge in [0.2, 0.25) is 0 Å². The molecule has 0 spiro atoms. The molecule has 3 heteroatoms. The van der Waals surface area contributed by atoms with E-state index in [0.717, 1.165) is 13.1 Å². The van der Waals surface area contributed by atoms with Crippen molar-refractivity contribution < 1.29 is 9.47 Å². The molecule has 90 valence electrons. The maximum atomic E-state index is 5.27. The molecule has 0 amide bonds.